The maximum Gasteiger partial charge on any atom is 0.262 e. The zero-order valence-corrected chi connectivity index (χ0v) is 27.0. The Morgan fingerprint density at radius 2 is 1.80 bits per heavy atom. The average molecular weight is 613 g/mol. The number of aromatic nitrogens is 4. The van der Waals surface area contributed by atoms with Crippen molar-refractivity contribution < 1.29 is 14.7 Å². The van der Waals surface area contributed by atoms with Crippen LogP contribution in [0.4, 0.5) is 5.69 Å². The third kappa shape index (κ3) is 6.50. The molecule has 3 aromatic carbocycles. The predicted molar refractivity (Wildman–Crippen MR) is 174 cm³/mol. The normalized spacial score (nSPS) is 15.8. The molecular weight excluding hydrogens is 572 g/mol. The van der Waals surface area contributed by atoms with Crippen LogP contribution < -0.4 is 10.1 Å². The lowest BCUT2D eigenvalue weighted by Gasteiger charge is -2.30. The topological polar surface area (TPSA) is 115 Å². The molecule has 0 bridgehead atoms. The summed E-state index contributed by atoms with van der Waals surface area (Å²) < 4.78 is 7.79. The number of nitrogens with zero attached hydrogens (tertiary/aromatic N) is 5. The van der Waals surface area contributed by atoms with Gasteiger partial charge in [-0.1, -0.05) is 94.9 Å². The second-order valence-corrected chi connectivity index (χ2v) is 13.6. The molecule has 1 aromatic heterocycles. The highest BCUT2D eigenvalue weighted by Gasteiger charge is 2.32. The van der Waals surface area contributed by atoms with E-state index >= 15 is 0 Å². The summed E-state index contributed by atoms with van der Waals surface area (Å²) in [5.41, 5.74) is 6.08. The van der Waals surface area contributed by atoms with Gasteiger partial charge in [0, 0.05) is 16.8 Å². The van der Waals surface area contributed by atoms with E-state index in [0.29, 0.717) is 23.0 Å². The second kappa shape index (κ2) is 12.8. The second-order valence-electron chi connectivity index (χ2n) is 12.4. The van der Waals surface area contributed by atoms with E-state index < -0.39 is 0 Å². The number of anilines is 1. The molecule has 0 spiro atoms. The zero-order valence-electron chi connectivity index (χ0n) is 26.2. The fourth-order valence-electron chi connectivity index (χ4n) is 5.21. The first kappa shape index (κ1) is 31.3. The van der Waals surface area contributed by atoms with Crippen LogP contribution in [-0.2, 0) is 22.0 Å². The van der Waals surface area contributed by atoms with Gasteiger partial charge in [0.15, 0.2) is 6.61 Å². The van der Waals surface area contributed by atoms with E-state index in [9.17, 15) is 10.0 Å². The van der Waals surface area contributed by atoms with Crippen molar-refractivity contribution in [2.75, 3.05) is 11.9 Å². The van der Waals surface area contributed by atoms with Gasteiger partial charge in [0.1, 0.15) is 11.5 Å². The fraction of sp³-hybridized carbons (Fsp3) is 0.382. The minimum atomic E-state index is -0.267. The SMILES string of the molecule is CCC(C)(C)c1ccc(OCC(=O)Nc2ccc3c(c2)/C(=N/O)C(Sc2nnnn2-c2ccccc2)C3)c(C(C)(C)CC)c1. The third-order valence-electron chi connectivity index (χ3n) is 8.79. The molecule has 0 radical (unpaired) electrons. The Kier molecular flexibility index (Phi) is 9.10. The number of rotatable bonds is 11. The number of oxime groups is 1. The van der Waals surface area contributed by atoms with E-state index in [0.717, 1.165) is 41.0 Å². The van der Waals surface area contributed by atoms with Crippen LogP contribution in [-0.4, -0.2) is 48.9 Å². The van der Waals surface area contributed by atoms with E-state index in [4.69, 9.17) is 4.74 Å². The van der Waals surface area contributed by atoms with E-state index in [-0.39, 0.29) is 28.6 Å². The van der Waals surface area contributed by atoms with Crippen LogP contribution in [0.5, 0.6) is 5.75 Å². The van der Waals surface area contributed by atoms with Gasteiger partial charge in [-0.15, -0.1) is 5.10 Å². The van der Waals surface area contributed by atoms with Gasteiger partial charge in [0.25, 0.3) is 5.91 Å². The maximum absolute atomic E-state index is 13.0. The molecule has 1 aliphatic carbocycles. The van der Waals surface area contributed by atoms with Crippen LogP contribution in [0.3, 0.4) is 0 Å². The Hall–Kier alpha value is -4.18. The van der Waals surface area contributed by atoms with Gasteiger partial charge in [0.2, 0.25) is 5.16 Å². The van der Waals surface area contributed by atoms with Gasteiger partial charge in [-0.3, -0.25) is 4.79 Å². The summed E-state index contributed by atoms with van der Waals surface area (Å²) in [6.07, 6.45) is 2.60. The van der Waals surface area contributed by atoms with E-state index in [2.05, 4.69) is 79.7 Å². The predicted octanol–water partition coefficient (Wildman–Crippen LogP) is 6.95. The molecule has 1 heterocycles. The number of ether oxygens (including phenoxy) is 1. The lowest BCUT2D eigenvalue weighted by Crippen LogP contribution is -2.24. The van der Waals surface area contributed by atoms with Gasteiger partial charge < -0.3 is 15.3 Å². The molecule has 230 valence electrons. The molecule has 2 N–H and O–H groups in total. The number of para-hydroxylation sites is 1. The first-order chi connectivity index (χ1) is 21.1. The first-order valence-electron chi connectivity index (χ1n) is 15.0. The number of hydrogen-bond acceptors (Lipinski definition) is 8. The van der Waals surface area contributed by atoms with Crippen molar-refractivity contribution in [1.82, 2.24) is 20.2 Å². The van der Waals surface area contributed by atoms with Crippen molar-refractivity contribution in [2.45, 2.75) is 82.0 Å². The van der Waals surface area contributed by atoms with Crippen molar-refractivity contribution in [3.8, 4) is 11.4 Å². The number of fused-ring (bicyclic) bond motifs is 1. The highest BCUT2D eigenvalue weighted by atomic mass is 32.2. The number of tetrazole rings is 1. The standard InChI is InChI=1S/C34H40N6O3S/c1-7-33(3,4)23-15-17-28(27(19-23)34(5,6)8-2)43-21-30(41)35-24-16-14-22-18-29(31(37-42)26(22)20-24)44-32-36-38-39-40(32)25-12-10-9-11-13-25/h9-17,19-20,29,42H,7-8,18,21H2,1-6H3,(H,35,41)/b37-31-. The maximum atomic E-state index is 13.0. The number of thioether (sulfide) groups is 1. The number of benzene rings is 3. The van der Waals surface area contributed by atoms with Crippen LogP contribution in [0.15, 0.2) is 77.0 Å². The molecule has 4 aromatic rings. The molecule has 1 aliphatic rings. The Bertz CT molecular complexity index is 1660. The van der Waals surface area contributed by atoms with Crippen LogP contribution >= 0.6 is 11.8 Å². The summed E-state index contributed by atoms with van der Waals surface area (Å²) >= 11 is 1.43. The van der Waals surface area contributed by atoms with Crippen LogP contribution in [0.1, 0.15) is 76.6 Å². The Morgan fingerprint density at radius 1 is 1.05 bits per heavy atom. The van der Waals surface area contributed by atoms with E-state index in [1.165, 1.54) is 17.3 Å². The van der Waals surface area contributed by atoms with Crippen LogP contribution in [0.2, 0.25) is 0 Å². The molecule has 9 nitrogen and oxygen atoms in total. The zero-order chi connectivity index (χ0) is 31.5. The van der Waals surface area contributed by atoms with Gasteiger partial charge in [-0.05, 0) is 82.0 Å². The lowest BCUT2D eigenvalue weighted by molar-refractivity contribution is -0.118. The van der Waals surface area contributed by atoms with Crippen molar-refractivity contribution in [3.63, 3.8) is 0 Å². The average Bonchev–Trinajstić information content (AvgIpc) is 3.64. The number of amides is 1. The molecule has 0 saturated heterocycles. The highest BCUT2D eigenvalue weighted by Crippen LogP contribution is 2.39. The molecule has 0 fully saturated rings. The minimum Gasteiger partial charge on any atom is -0.483 e. The molecule has 1 atom stereocenters. The van der Waals surface area contributed by atoms with Gasteiger partial charge in [-0.25, -0.2) is 0 Å². The number of carbonyl (C=O) groups excluding carboxylic acids is 1. The highest BCUT2D eigenvalue weighted by molar-refractivity contribution is 8.00. The molecule has 1 amide bonds. The molecule has 10 heteroatoms. The number of hydrogen-bond donors (Lipinski definition) is 2. The minimum absolute atomic E-state index is 0.0484. The van der Waals surface area contributed by atoms with Crippen LogP contribution in [0.25, 0.3) is 5.69 Å². The largest absolute Gasteiger partial charge is 0.483 e. The Balaban J connectivity index is 1.28. The fourth-order valence-corrected chi connectivity index (χ4v) is 6.34. The quantitative estimate of drug-likeness (QED) is 0.139. The van der Waals surface area contributed by atoms with Crippen molar-refractivity contribution in [3.05, 3.63) is 89.0 Å². The molecule has 5 rings (SSSR count). The van der Waals surface area contributed by atoms with Crippen molar-refractivity contribution in [2.24, 2.45) is 5.16 Å². The summed E-state index contributed by atoms with van der Waals surface area (Å²) in [6, 6.07) is 21.6. The molecule has 0 aliphatic heterocycles. The monoisotopic (exact) mass is 612 g/mol. The summed E-state index contributed by atoms with van der Waals surface area (Å²) in [6.45, 7) is 13.1. The number of nitrogens with one attached hydrogen (secondary N) is 1. The van der Waals surface area contributed by atoms with Gasteiger partial charge in [-0.2, -0.15) is 4.68 Å². The third-order valence-corrected chi connectivity index (χ3v) is 9.93. The smallest absolute Gasteiger partial charge is 0.262 e. The Morgan fingerprint density at radius 3 is 2.50 bits per heavy atom. The molecule has 0 saturated carbocycles. The Labute approximate surface area is 263 Å². The van der Waals surface area contributed by atoms with Crippen molar-refractivity contribution in [1.29, 1.82) is 0 Å². The molecule has 1 unspecified atom stereocenters. The van der Waals surface area contributed by atoms with Crippen LogP contribution in [0, 0.1) is 0 Å². The summed E-state index contributed by atoms with van der Waals surface area (Å²) in [4.78, 5) is 13.0. The summed E-state index contributed by atoms with van der Waals surface area (Å²) in [5, 5.41) is 29.2. The summed E-state index contributed by atoms with van der Waals surface area (Å²) in [5.74, 6) is 0.459. The van der Waals surface area contributed by atoms with Crippen molar-refractivity contribution >= 4 is 29.1 Å². The molecular formula is C34H40N6O3S. The number of carbonyl (C=O) groups is 1. The van der Waals surface area contributed by atoms with Gasteiger partial charge in [0.05, 0.1) is 10.9 Å². The van der Waals surface area contributed by atoms with E-state index in [1.807, 2.05) is 54.6 Å². The lowest BCUT2D eigenvalue weighted by atomic mass is 9.76. The van der Waals surface area contributed by atoms with E-state index in [1.54, 1.807) is 4.68 Å². The molecule has 44 heavy (non-hydrogen) atoms. The first-order valence-corrected chi connectivity index (χ1v) is 15.9. The summed E-state index contributed by atoms with van der Waals surface area (Å²) in [7, 11) is 0. The van der Waals surface area contributed by atoms with Gasteiger partial charge >= 0.3 is 0 Å².